The van der Waals surface area contributed by atoms with Gasteiger partial charge in [-0.05, 0) is 60.8 Å². The van der Waals surface area contributed by atoms with Crippen molar-refractivity contribution in [2.75, 3.05) is 6.54 Å². The number of aromatic nitrogens is 5. The molecule has 6 heteroatoms. The van der Waals surface area contributed by atoms with Gasteiger partial charge in [-0.3, -0.25) is 14.9 Å². The minimum atomic E-state index is 0.308. The summed E-state index contributed by atoms with van der Waals surface area (Å²) in [6.45, 7) is 2.00. The van der Waals surface area contributed by atoms with Gasteiger partial charge in [0.25, 0.3) is 0 Å². The van der Waals surface area contributed by atoms with E-state index in [4.69, 9.17) is 0 Å². The van der Waals surface area contributed by atoms with E-state index in [-0.39, 0.29) is 0 Å². The van der Waals surface area contributed by atoms with Crippen molar-refractivity contribution < 1.29 is 0 Å². The maximum absolute atomic E-state index is 4.55. The lowest BCUT2D eigenvalue weighted by molar-refractivity contribution is 0.245. The second-order valence-corrected chi connectivity index (χ2v) is 6.94. The van der Waals surface area contributed by atoms with Gasteiger partial charge in [-0.25, -0.2) is 4.52 Å². The quantitative estimate of drug-likeness (QED) is 0.560. The number of hydrogen-bond donors (Lipinski definition) is 0. The molecule has 27 heavy (non-hydrogen) atoms. The maximum atomic E-state index is 4.55. The van der Waals surface area contributed by atoms with E-state index in [0.717, 1.165) is 41.8 Å². The Hall–Kier alpha value is -3.12. The van der Waals surface area contributed by atoms with Crippen LogP contribution in [-0.4, -0.2) is 36.2 Å². The highest BCUT2D eigenvalue weighted by molar-refractivity contribution is 5.65. The van der Waals surface area contributed by atoms with Crippen molar-refractivity contribution in [1.82, 2.24) is 29.7 Å². The average molecular weight is 356 g/mol. The van der Waals surface area contributed by atoms with Crippen LogP contribution in [-0.2, 0) is 6.54 Å². The van der Waals surface area contributed by atoms with Crippen LogP contribution in [0.1, 0.15) is 30.1 Å². The molecule has 4 aromatic heterocycles. The summed E-state index contributed by atoms with van der Waals surface area (Å²) in [5, 5.41) is 8.96. The summed E-state index contributed by atoms with van der Waals surface area (Å²) in [4.78, 5) is 10.7. The van der Waals surface area contributed by atoms with Gasteiger partial charge in [0.15, 0.2) is 0 Å². The topological polar surface area (TPSA) is 59.2 Å². The Kier molecular flexibility index (Phi) is 4.10. The van der Waals surface area contributed by atoms with Crippen LogP contribution in [0.4, 0.5) is 0 Å². The Morgan fingerprint density at radius 3 is 2.48 bits per heavy atom. The Balaban J connectivity index is 1.46. The third-order valence-corrected chi connectivity index (χ3v) is 5.27. The van der Waals surface area contributed by atoms with Crippen LogP contribution in [0.3, 0.4) is 0 Å². The third-order valence-electron chi connectivity index (χ3n) is 5.27. The van der Waals surface area contributed by atoms with Crippen LogP contribution in [0.2, 0.25) is 0 Å². The molecule has 1 fully saturated rings. The van der Waals surface area contributed by atoms with Crippen LogP contribution in [0.15, 0.2) is 67.4 Å². The molecule has 4 aromatic rings. The minimum absolute atomic E-state index is 0.308. The Morgan fingerprint density at radius 2 is 1.67 bits per heavy atom. The largest absolute Gasteiger partial charge is 0.290 e. The SMILES string of the molecule is c1cc(CN2CCCC2c2nnn3cc(-c4ccncc4)ccc23)ccn1. The van der Waals surface area contributed by atoms with E-state index >= 15 is 0 Å². The molecular weight excluding hydrogens is 336 g/mol. The predicted molar refractivity (Wildman–Crippen MR) is 103 cm³/mol. The summed E-state index contributed by atoms with van der Waals surface area (Å²) in [7, 11) is 0. The molecule has 0 bridgehead atoms. The van der Waals surface area contributed by atoms with E-state index in [1.807, 2.05) is 47.6 Å². The Labute approximate surface area is 157 Å². The molecule has 0 amide bonds. The summed E-state index contributed by atoms with van der Waals surface area (Å²) in [6.07, 6.45) is 11.7. The summed E-state index contributed by atoms with van der Waals surface area (Å²) in [5.41, 5.74) is 5.68. The van der Waals surface area contributed by atoms with Crippen LogP contribution in [0.5, 0.6) is 0 Å². The highest BCUT2D eigenvalue weighted by atomic mass is 15.4. The molecular formula is C21H20N6. The fourth-order valence-corrected chi connectivity index (χ4v) is 3.91. The Bertz CT molecular complexity index is 1040. The monoisotopic (exact) mass is 356 g/mol. The zero-order chi connectivity index (χ0) is 18.1. The standard InChI is InChI=1S/C21H20N6/c1-2-19(26(13-1)14-16-5-9-22-10-6-16)21-20-4-3-18(15-27(20)25-24-21)17-7-11-23-12-8-17/h3-12,15,19H,1-2,13-14H2. The minimum Gasteiger partial charge on any atom is -0.290 e. The highest BCUT2D eigenvalue weighted by Gasteiger charge is 2.29. The van der Waals surface area contributed by atoms with E-state index in [1.165, 1.54) is 12.0 Å². The summed E-state index contributed by atoms with van der Waals surface area (Å²) in [5.74, 6) is 0. The summed E-state index contributed by atoms with van der Waals surface area (Å²) >= 11 is 0. The normalized spacial score (nSPS) is 17.6. The molecule has 0 aliphatic carbocycles. The molecule has 1 saturated heterocycles. The van der Waals surface area contributed by atoms with Gasteiger partial charge in [0.2, 0.25) is 0 Å². The fraction of sp³-hybridized carbons (Fsp3) is 0.238. The molecule has 5 rings (SSSR count). The molecule has 0 radical (unpaired) electrons. The number of hydrogen-bond acceptors (Lipinski definition) is 5. The van der Waals surface area contributed by atoms with Crippen LogP contribution in [0.25, 0.3) is 16.6 Å². The van der Waals surface area contributed by atoms with Crippen molar-refractivity contribution in [1.29, 1.82) is 0 Å². The van der Waals surface area contributed by atoms with Crippen LogP contribution in [0, 0.1) is 0 Å². The lowest BCUT2D eigenvalue weighted by Crippen LogP contribution is -2.23. The second kappa shape index (κ2) is 6.89. The van der Waals surface area contributed by atoms with Gasteiger partial charge in [0, 0.05) is 43.1 Å². The van der Waals surface area contributed by atoms with Crippen LogP contribution < -0.4 is 0 Å². The Morgan fingerprint density at radius 1 is 0.889 bits per heavy atom. The van der Waals surface area contributed by atoms with Crippen LogP contribution >= 0.6 is 0 Å². The van der Waals surface area contributed by atoms with E-state index in [9.17, 15) is 0 Å². The molecule has 1 unspecified atom stereocenters. The fourth-order valence-electron chi connectivity index (χ4n) is 3.91. The second-order valence-electron chi connectivity index (χ2n) is 6.94. The van der Waals surface area contributed by atoms with E-state index in [1.54, 1.807) is 0 Å². The van der Waals surface area contributed by atoms with Gasteiger partial charge in [-0.2, -0.15) is 0 Å². The zero-order valence-corrected chi connectivity index (χ0v) is 14.9. The molecule has 0 spiro atoms. The highest BCUT2D eigenvalue weighted by Crippen LogP contribution is 2.34. The van der Waals surface area contributed by atoms with Crippen molar-refractivity contribution in [3.63, 3.8) is 0 Å². The first-order valence-corrected chi connectivity index (χ1v) is 9.27. The van der Waals surface area contributed by atoms with Crippen molar-refractivity contribution in [2.45, 2.75) is 25.4 Å². The van der Waals surface area contributed by atoms with E-state index < -0.39 is 0 Å². The van der Waals surface area contributed by atoms with Gasteiger partial charge in [0.05, 0.1) is 11.6 Å². The lowest BCUT2D eigenvalue weighted by atomic mass is 10.1. The molecule has 5 heterocycles. The zero-order valence-electron chi connectivity index (χ0n) is 14.9. The first-order chi connectivity index (χ1) is 13.4. The molecule has 1 aliphatic rings. The van der Waals surface area contributed by atoms with E-state index in [0.29, 0.717) is 6.04 Å². The number of fused-ring (bicyclic) bond motifs is 1. The molecule has 6 nitrogen and oxygen atoms in total. The van der Waals surface area contributed by atoms with Gasteiger partial charge < -0.3 is 0 Å². The van der Waals surface area contributed by atoms with Crippen molar-refractivity contribution in [3.05, 3.63) is 78.6 Å². The van der Waals surface area contributed by atoms with Crippen molar-refractivity contribution in [3.8, 4) is 11.1 Å². The summed E-state index contributed by atoms with van der Waals surface area (Å²) < 4.78 is 1.90. The maximum Gasteiger partial charge on any atom is 0.108 e. The summed E-state index contributed by atoms with van der Waals surface area (Å²) in [6, 6.07) is 12.8. The smallest absolute Gasteiger partial charge is 0.108 e. The lowest BCUT2D eigenvalue weighted by Gasteiger charge is -2.23. The first kappa shape index (κ1) is 16.1. The van der Waals surface area contributed by atoms with Gasteiger partial charge in [-0.1, -0.05) is 11.3 Å². The third kappa shape index (κ3) is 3.08. The van der Waals surface area contributed by atoms with E-state index in [2.05, 4.69) is 49.4 Å². The number of rotatable bonds is 4. The molecule has 1 atom stereocenters. The first-order valence-electron chi connectivity index (χ1n) is 9.27. The van der Waals surface area contributed by atoms with Gasteiger partial charge in [0.1, 0.15) is 5.69 Å². The van der Waals surface area contributed by atoms with Crippen molar-refractivity contribution >= 4 is 5.52 Å². The van der Waals surface area contributed by atoms with Crippen molar-refractivity contribution in [2.24, 2.45) is 0 Å². The predicted octanol–water partition coefficient (Wildman–Crippen LogP) is 3.52. The molecule has 134 valence electrons. The molecule has 0 aromatic carbocycles. The number of likely N-dealkylation sites (tertiary alicyclic amines) is 1. The van der Waals surface area contributed by atoms with Gasteiger partial charge >= 0.3 is 0 Å². The average Bonchev–Trinajstić information content (AvgIpc) is 3.35. The molecule has 0 saturated carbocycles. The molecule has 0 N–H and O–H groups in total. The number of pyridine rings is 3. The van der Waals surface area contributed by atoms with Gasteiger partial charge in [-0.15, -0.1) is 5.10 Å². The number of nitrogens with zero attached hydrogens (tertiary/aromatic N) is 6. The molecule has 1 aliphatic heterocycles.